The van der Waals surface area contributed by atoms with Gasteiger partial charge in [-0.3, -0.25) is 0 Å². The minimum Gasteiger partial charge on any atom is -0.503 e. The second-order valence-electron chi connectivity index (χ2n) is 6.68. The van der Waals surface area contributed by atoms with Gasteiger partial charge < -0.3 is 20.5 Å². The van der Waals surface area contributed by atoms with Crippen LogP contribution < -0.4 is 20.8 Å². The number of nitrogens with one attached hydrogen (secondary N) is 3. The largest absolute Gasteiger partial charge is 0.503 e. The highest BCUT2D eigenvalue weighted by Crippen LogP contribution is 2.36. The van der Waals surface area contributed by atoms with Gasteiger partial charge in [0.2, 0.25) is 17.8 Å². The van der Waals surface area contributed by atoms with Crippen LogP contribution in [0.25, 0.3) is 0 Å². The van der Waals surface area contributed by atoms with Crippen molar-refractivity contribution in [1.82, 2.24) is 15.0 Å². The van der Waals surface area contributed by atoms with Crippen molar-refractivity contribution in [3.05, 3.63) is 82.8 Å². The summed E-state index contributed by atoms with van der Waals surface area (Å²) in [5.41, 5.74) is 5.05. The van der Waals surface area contributed by atoms with Crippen LogP contribution in [0.4, 0.5) is 29.2 Å². The fraction of sp³-hybridized carbons (Fsp3) is 0.0435. The van der Waals surface area contributed by atoms with E-state index >= 15 is 0 Å². The number of ether oxygens (including phenoxy) is 1. The molecule has 10 heteroatoms. The first-order valence-corrected chi connectivity index (χ1v) is 10.7. The first-order valence-electron chi connectivity index (χ1n) is 9.87. The summed E-state index contributed by atoms with van der Waals surface area (Å²) < 4.78 is 5.79. The lowest BCUT2D eigenvalue weighted by Crippen LogP contribution is -2.07. The summed E-state index contributed by atoms with van der Waals surface area (Å²) in [4.78, 5) is 13.2. The van der Waals surface area contributed by atoms with Gasteiger partial charge >= 0.3 is 0 Å². The van der Waals surface area contributed by atoms with Gasteiger partial charge in [-0.2, -0.15) is 20.1 Å². The Morgan fingerprint density at radius 1 is 0.818 bits per heavy atom. The molecule has 1 aromatic heterocycles. The van der Waals surface area contributed by atoms with Crippen molar-refractivity contribution in [3.8, 4) is 11.5 Å². The van der Waals surface area contributed by atoms with E-state index in [-0.39, 0.29) is 11.7 Å². The Hall–Kier alpha value is -4.18. The average molecular weight is 506 g/mol. The van der Waals surface area contributed by atoms with Crippen LogP contribution in [0.3, 0.4) is 0 Å². The van der Waals surface area contributed by atoms with Gasteiger partial charge in [0.25, 0.3) is 0 Å². The number of aromatic nitrogens is 3. The smallest absolute Gasteiger partial charge is 0.250 e. The maximum Gasteiger partial charge on any atom is 0.250 e. The van der Waals surface area contributed by atoms with Crippen LogP contribution in [0.15, 0.2) is 82.4 Å². The molecule has 4 aromatic rings. The van der Waals surface area contributed by atoms with Crippen LogP contribution >= 0.6 is 15.9 Å². The van der Waals surface area contributed by atoms with Crippen LogP contribution in [0.1, 0.15) is 5.56 Å². The maximum absolute atomic E-state index is 10.1. The molecule has 166 valence electrons. The Kier molecular flexibility index (Phi) is 6.96. The number of methoxy groups -OCH3 is 1. The highest BCUT2D eigenvalue weighted by molar-refractivity contribution is 9.10. The van der Waals surface area contributed by atoms with Crippen molar-refractivity contribution in [2.45, 2.75) is 0 Å². The van der Waals surface area contributed by atoms with E-state index in [0.29, 0.717) is 27.7 Å². The molecule has 0 unspecified atom stereocenters. The highest BCUT2D eigenvalue weighted by atomic mass is 79.9. The first-order chi connectivity index (χ1) is 16.1. The van der Waals surface area contributed by atoms with Gasteiger partial charge in [-0.1, -0.05) is 36.4 Å². The highest BCUT2D eigenvalue weighted by Gasteiger charge is 2.11. The number of hydrogen-bond acceptors (Lipinski definition) is 9. The molecule has 0 amide bonds. The molecular formula is C23H20BrN7O2. The number of para-hydroxylation sites is 2. The van der Waals surface area contributed by atoms with Crippen molar-refractivity contribution in [3.63, 3.8) is 0 Å². The second-order valence-corrected chi connectivity index (χ2v) is 7.53. The van der Waals surface area contributed by atoms with E-state index in [2.05, 4.69) is 52.0 Å². The number of hydrogen-bond donors (Lipinski definition) is 4. The predicted octanol–water partition coefficient (Wildman–Crippen LogP) is 5.28. The van der Waals surface area contributed by atoms with Crippen LogP contribution in [0.2, 0.25) is 0 Å². The fourth-order valence-electron chi connectivity index (χ4n) is 2.88. The standard InChI is InChI=1S/C23H20BrN7O2/c1-33-20-15(12-13-18(24)19(20)32)14-25-31-23-29-21(26-16-8-4-2-5-9-16)28-22(30-23)27-17-10-6-3-7-11-17/h2-14,32H,1H3,(H3,26,27,28,29,30,31)/b25-14+. The van der Waals surface area contributed by atoms with Crippen molar-refractivity contribution < 1.29 is 9.84 Å². The van der Waals surface area contributed by atoms with Crippen LogP contribution in [-0.2, 0) is 0 Å². The summed E-state index contributed by atoms with van der Waals surface area (Å²) in [6.07, 6.45) is 1.50. The molecule has 4 rings (SSSR count). The van der Waals surface area contributed by atoms with Gasteiger partial charge in [0.15, 0.2) is 11.5 Å². The summed E-state index contributed by atoms with van der Waals surface area (Å²) >= 11 is 3.27. The molecule has 33 heavy (non-hydrogen) atoms. The van der Waals surface area contributed by atoms with Gasteiger partial charge in [-0.25, -0.2) is 5.43 Å². The van der Waals surface area contributed by atoms with E-state index in [1.165, 1.54) is 13.3 Å². The SMILES string of the molecule is COc1c(/C=N/Nc2nc(Nc3ccccc3)nc(Nc3ccccc3)n2)ccc(Br)c1O. The van der Waals surface area contributed by atoms with E-state index in [1.54, 1.807) is 12.1 Å². The molecule has 1 heterocycles. The Morgan fingerprint density at radius 2 is 1.36 bits per heavy atom. The summed E-state index contributed by atoms with van der Waals surface area (Å²) in [7, 11) is 1.47. The number of halogens is 1. The number of phenolic OH excluding ortho intramolecular Hbond substituents is 1. The molecular weight excluding hydrogens is 486 g/mol. The number of aromatic hydroxyl groups is 1. The predicted molar refractivity (Wildman–Crippen MR) is 133 cm³/mol. The molecule has 0 saturated heterocycles. The Morgan fingerprint density at radius 3 is 1.91 bits per heavy atom. The minimum atomic E-state index is -0.00898. The molecule has 0 radical (unpaired) electrons. The minimum absolute atomic E-state index is 0.00898. The van der Waals surface area contributed by atoms with Crippen molar-refractivity contribution in [1.29, 1.82) is 0 Å². The first kappa shape index (κ1) is 22.0. The molecule has 0 aliphatic rings. The van der Waals surface area contributed by atoms with Crippen molar-refractivity contribution in [2.24, 2.45) is 5.10 Å². The van der Waals surface area contributed by atoms with Gasteiger partial charge in [-0.05, 0) is 52.3 Å². The van der Waals surface area contributed by atoms with Gasteiger partial charge in [0.1, 0.15) is 0 Å². The van der Waals surface area contributed by atoms with Crippen molar-refractivity contribution >= 4 is 51.4 Å². The summed E-state index contributed by atoms with van der Waals surface area (Å²) in [6.45, 7) is 0. The Labute approximate surface area is 198 Å². The van der Waals surface area contributed by atoms with E-state index in [1.807, 2.05) is 60.7 Å². The lowest BCUT2D eigenvalue weighted by atomic mass is 10.2. The third-order valence-electron chi connectivity index (χ3n) is 4.38. The normalized spacial score (nSPS) is 10.7. The van der Waals surface area contributed by atoms with Gasteiger partial charge in [0.05, 0.1) is 17.8 Å². The number of rotatable bonds is 8. The number of nitrogens with zero attached hydrogens (tertiary/aromatic N) is 4. The van der Waals surface area contributed by atoms with Gasteiger partial charge in [0, 0.05) is 16.9 Å². The van der Waals surface area contributed by atoms with E-state index in [4.69, 9.17) is 4.74 Å². The Balaban J connectivity index is 1.59. The third-order valence-corrected chi connectivity index (χ3v) is 5.02. The quantitative estimate of drug-likeness (QED) is 0.188. The van der Waals surface area contributed by atoms with E-state index in [9.17, 15) is 5.11 Å². The zero-order chi connectivity index (χ0) is 23.0. The molecule has 3 aromatic carbocycles. The van der Waals surface area contributed by atoms with Crippen LogP contribution in [-0.4, -0.2) is 33.4 Å². The molecule has 4 N–H and O–H groups in total. The van der Waals surface area contributed by atoms with E-state index in [0.717, 1.165) is 11.4 Å². The lowest BCUT2D eigenvalue weighted by molar-refractivity contribution is 0.371. The molecule has 0 fully saturated rings. The molecule has 0 atom stereocenters. The topological polar surface area (TPSA) is 117 Å². The second kappa shape index (κ2) is 10.4. The number of hydrazone groups is 1. The Bertz CT molecular complexity index is 1190. The fourth-order valence-corrected chi connectivity index (χ4v) is 3.19. The lowest BCUT2D eigenvalue weighted by Gasteiger charge is -2.10. The number of anilines is 5. The number of benzene rings is 3. The van der Waals surface area contributed by atoms with Crippen molar-refractivity contribution in [2.75, 3.05) is 23.2 Å². The molecule has 0 aliphatic carbocycles. The zero-order valence-corrected chi connectivity index (χ0v) is 19.1. The maximum atomic E-state index is 10.1. The van der Waals surface area contributed by atoms with Crippen LogP contribution in [0.5, 0.6) is 11.5 Å². The summed E-state index contributed by atoms with van der Waals surface area (Å²) in [5, 5.41) is 20.7. The monoisotopic (exact) mass is 505 g/mol. The summed E-state index contributed by atoms with van der Waals surface area (Å²) in [5.74, 6) is 1.18. The molecule has 0 aliphatic heterocycles. The molecule has 9 nitrogen and oxygen atoms in total. The third kappa shape index (κ3) is 5.74. The molecule has 0 bridgehead atoms. The molecule has 0 saturated carbocycles. The average Bonchev–Trinajstić information content (AvgIpc) is 2.83. The number of phenols is 1. The zero-order valence-electron chi connectivity index (χ0n) is 17.5. The summed E-state index contributed by atoms with van der Waals surface area (Å²) in [6, 6.07) is 22.6. The molecule has 0 spiro atoms. The van der Waals surface area contributed by atoms with Gasteiger partial charge in [-0.15, -0.1) is 0 Å². The van der Waals surface area contributed by atoms with Crippen LogP contribution in [0, 0.1) is 0 Å². The van der Waals surface area contributed by atoms with E-state index < -0.39 is 0 Å².